The van der Waals surface area contributed by atoms with Crippen molar-refractivity contribution >= 4 is 0 Å². The van der Waals surface area contributed by atoms with Crippen LogP contribution in [0.25, 0.3) is 0 Å². The zero-order valence-corrected chi connectivity index (χ0v) is 11.8. The van der Waals surface area contributed by atoms with Gasteiger partial charge >= 0.3 is 0 Å². The van der Waals surface area contributed by atoms with Crippen molar-refractivity contribution in [3.63, 3.8) is 0 Å². The van der Waals surface area contributed by atoms with Crippen molar-refractivity contribution in [2.45, 2.75) is 37.9 Å². The summed E-state index contributed by atoms with van der Waals surface area (Å²) < 4.78 is 4.83. The zero-order chi connectivity index (χ0) is 14.6. The summed E-state index contributed by atoms with van der Waals surface area (Å²) in [4.78, 5) is 0. The van der Waals surface area contributed by atoms with Crippen LogP contribution in [0.15, 0.2) is 24.3 Å². The Hall–Kier alpha value is -0.980. The Balaban J connectivity index is 3.01. The second kappa shape index (κ2) is 6.45. The fraction of sp³-hybridized carbons (Fsp3) is 0.571. The second-order valence-corrected chi connectivity index (χ2v) is 5.11. The predicted molar refractivity (Wildman–Crippen MR) is 72.5 cm³/mol. The number of ether oxygens (including phenoxy) is 1. The van der Waals surface area contributed by atoms with Crippen molar-refractivity contribution in [3.05, 3.63) is 35.4 Å². The van der Waals surface area contributed by atoms with Gasteiger partial charge in [0.05, 0.1) is 6.04 Å². The molecule has 0 radical (unpaired) electrons. The average Bonchev–Trinajstić information content (AvgIpc) is 2.38. The predicted octanol–water partition coefficient (Wildman–Crippen LogP) is 0.500. The number of benzene rings is 1. The van der Waals surface area contributed by atoms with E-state index in [4.69, 9.17) is 4.74 Å². The molecule has 0 bridgehead atoms. The minimum atomic E-state index is -1.45. The van der Waals surface area contributed by atoms with E-state index in [1.165, 1.54) is 7.11 Å². The molecule has 0 amide bonds. The molecule has 5 nitrogen and oxygen atoms in total. The first-order chi connectivity index (χ1) is 8.84. The fourth-order valence-electron chi connectivity index (χ4n) is 2.28. The van der Waals surface area contributed by atoms with Gasteiger partial charge in [-0.2, -0.15) is 0 Å². The van der Waals surface area contributed by atoms with E-state index in [1.54, 1.807) is 19.2 Å². The van der Waals surface area contributed by atoms with Gasteiger partial charge in [0, 0.05) is 18.1 Å². The third-order valence-electron chi connectivity index (χ3n) is 3.55. The van der Waals surface area contributed by atoms with E-state index >= 15 is 0 Å². The SMILES string of the molecule is CNC(C(O)O)C(C)(C)c1ccc(C(O)OC)cc1. The van der Waals surface area contributed by atoms with Gasteiger partial charge in [-0.15, -0.1) is 0 Å². The number of hydrogen-bond donors (Lipinski definition) is 4. The highest BCUT2D eigenvalue weighted by atomic mass is 16.6. The summed E-state index contributed by atoms with van der Waals surface area (Å²) in [5.74, 6) is 0. The van der Waals surface area contributed by atoms with Crippen molar-refractivity contribution in [2.75, 3.05) is 14.2 Å². The molecule has 1 aromatic carbocycles. The van der Waals surface area contributed by atoms with Crippen LogP contribution >= 0.6 is 0 Å². The number of hydrogen-bond acceptors (Lipinski definition) is 5. The van der Waals surface area contributed by atoms with Gasteiger partial charge < -0.3 is 25.4 Å². The largest absolute Gasteiger partial charge is 0.367 e. The molecule has 0 spiro atoms. The molecule has 0 aliphatic rings. The van der Waals surface area contributed by atoms with Gasteiger partial charge in [0.25, 0.3) is 0 Å². The molecule has 0 saturated carbocycles. The van der Waals surface area contributed by atoms with Crippen LogP contribution in [0.1, 0.15) is 31.3 Å². The summed E-state index contributed by atoms with van der Waals surface area (Å²) in [6, 6.07) is 6.74. The first-order valence-corrected chi connectivity index (χ1v) is 6.19. The number of aliphatic hydroxyl groups is 3. The van der Waals surface area contributed by atoms with Crippen LogP contribution in [0, 0.1) is 0 Å². The first-order valence-electron chi connectivity index (χ1n) is 6.19. The maximum atomic E-state index is 9.55. The molecule has 1 rings (SSSR count). The van der Waals surface area contributed by atoms with E-state index in [-0.39, 0.29) is 0 Å². The molecule has 4 N–H and O–H groups in total. The van der Waals surface area contributed by atoms with E-state index in [9.17, 15) is 15.3 Å². The van der Waals surface area contributed by atoms with Crippen molar-refractivity contribution in [2.24, 2.45) is 0 Å². The summed E-state index contributed by atoms with van der Waals surface area (Å²) >= 11 is 0. The molecule has 2 atom stereocenters. The molecule has 0 aromatic heterocycles. The Morgan fingerprint density at radius 1 is 1.11 bits per heavy atom. The Morgan fingerprint density at radius 2 is 1.63 bits per heavy atom. The molecule has 0 heterocycles. The van der Waals surface area contributed by atoms with Crippen molar-refractivity contribution in [3.8, 4) is 0 Å². The lowest BCUT2D eigenvalue weighted by Crippen LogP contribution is -2.51. The standard InChI is InChI=1S/C14H23NO4/c1-14(2,11(15-3)12(16)17)10-7-5-9(6-8-10)13(18)19-4/h5-8,11-13,15-18H,1-4H3. The summed E-state index contributed by atoms with van der Waals surface area (Å²) in [6.07, 6.45) is -2.40. The topological polar surface area (TPSA) is 82.0 Å². The fourth-order valence-corrected chi connectivity index (χ4v) is 2.28. The van der Waals surface area contributed by atoms with Gasteiger partial charge in [-0.25, -0.2) is 0 Å². The van der Waals surface area contributed by atoms with Crippen LogP contribution < -0.4 is 5.32 Å². The maximum absolute atomic E-state index is 9.55. The molecule has 0 fully saturated rings. The van der Waals surface area contributed by atoms with E-state index < -0.39 is 24.0 Å². The molecule has 0 aliphatic heterocycles. The van der Waals surface area contributed by atoms with Gasteiger partial charge in [-0.3, -0.25) is 0 Å². The summed E-state index contributed by atoms with van der Waals surface area (Å²) in [5, 5.41) is 31.3. The summed E-state index contributed by atoms with van der Waals surface area (Å²) in [5.41, 5.74) is 1.12. The monoisotopic (exact) mass is 269 g/mol. The molecule has 19 heavy (non-hydrogen) atoms. The Labute approximate surface area is 113 Å². The zero-order valence-electron chi connectivity index (χ0n) is 11.8. The van der Waals surface area contributed by atoms with Gasteiger partial charge in [0.2, 0.25) is 0 Å². The van der Waals surface area contributed by atoms with Crippen molar-refractivity contribution in [1.29, 1.82) is 0 Å². The molecule has 1 aromatic rings. The minimum absolute atomic E-state index is 0.473. The second-order valence-electron chi connectivity index (χ2n) is 5.11. The summed E-state index contributed by atoms with van der Waals surface area (Å²) in [6.45, 7) is 3.85. The van der Waals surface area contributed by atoms with Crippen LogP contribution in [-0.4, -0.2) is 41.8 Å². The van der Waals surface area contributed by atoms with Gasteiger partial charge in [-0.05, 0) is 12.6 Å². The third kappa shape index (κ3) is 3.52. The highest BCUT2D eigenvalue weighted by Crippen LogP contribution is 2.29. The number of rotatable bonds is 6. The number of aliphatic hydroxyl groups excluding tert-OH is 2. The summed E-state index contributed by atoms with van der Waals surface area (Å²) in [7, 11) is 3.12. The van der Waals surface area contributed by atoms with Gasteiger partial charge in [0.1, 0.15) is 0 Å². The van der Waals surface area contributed by atoms with Crippen LogP contribution in [0.3, 0.4) is 0 Å². The highest BCUT2D eigenvalue weighted by Gasteiger charge is 2.34. The first kappa shape index (κ1) is 16.1. The Morgan fingerprint density at radius 3 is 2.00 bits per heavy atom. The number of nitrogens with one attached hydrogen (secondary N) is 1. The lowest BCUT2D eigenvalue weighted by molar-refractivity contribution is -0.0814. The molecule has 0 saturated heterocycles. The van der Waals surface area contributed by atoms with E-state index in [0.29, 0.717) is 5.56 Å². The van der Waals surface area contributed by atoms with Crippen molar-refractivity contribution in [1.82, 2.24) is 5.32 Å². The highest BCUT2D eigenvalue weighted by molar-refractivity contribution is 5.30. The Kier molecular flexibility index (Phi) is 5.46. The van der Waals surface area contributed by atoms with Crippen LogP contribution in [0.5, 0.6) is 0 Å². The minimum Gasteiger partial charge on any atom is -0.367 e. The van der Waals surface area contributed by atoms with Crippen molar-refractivity contribution < 1.29 is 20.1 Å². The quantitative estimate of drug-likeness (QED) is 0.565. The number of likely N-dealkylation sites (N-methyl/N-ethyl adjacent to an activating group) is 1. The normalized spacial score (nSPS) is 15.6. The molecular weight excluding hydrogens is 246 g/mol. The maximum Gasteiger partial charge on any atom is 0.180 e. The smallest absolute Gasteiger partial charge is 0.180 e. The lowest BCUT2D eigenvalue weighted by Gasteiger charge is -2.36. The van der Waals surface area contributed by atoms with E-state index in [1.807, 2.05) is 26.0 Å². The molecule has 108 valence electrons. The van der Waals surface area contributed by atoms with Crippen LogP contribution in [0.4, 0.5) is 0 Å². The van der Waals surface area contributed by atoms with E-state index in [2.05, 4.69) is 5.32 Å². The average molecular weight is 269 g/mol. The lowest BCUT2D eigenvalue weighted by atomic mass is 9.77. The van der Waals surface area contributed by atoms with Crippen LogP contribution in [-0.2, 0) is 10.2 Å². The van der Waals surface area contributed by atoms with Crippen LogP contribution in [0.2, 0.25) is 0 Å². The molecular formula is C14H23NO4. The Bertz CT molecular complexity index is 389. The van der Waals surface area contributed by atoms with Gasteiger partial charge in [-0.1, -0.05) is 38.1 Å². The molecule has 5 heteroatoms. The molecule has 0 aliphatic carbocycles. The third-order valence-corrected chi connectivity index (χ3v) is 3.55. The molecule has 2 unspecified atom stereocenters. The number of methoxy groups -OCH3 is 1. The van der Waals surface area contributed by atoms with E-state index in [0.717, 1.165) is 5.56 Å². The van der Waals surface area contributed by atoms with Gasteiger partial charge in [0.15, 0.2) is 12.6 Å².